The first-order valence-corrected chi connectivity index (χ1v) is 12.5. The molecule has 180 valence electrons. The summed E-state index contributed by atoms with van der Waals surface area (Å²) in [6, 6.07) is 15.8. The predicted octanol–water partition coefficient (Wildman–Crippen LogP) is 4.23. The van der Waals surface area contributed by atoms with Crippen molar-refractivity contribution in [3.05, 3.63) is 71.0 Å². The highest BCUT2D eigenvalue weighted by atomic mass is 35.5. The second-order valence-electron chi connectivity index (χ2n) is 8.41. The number of carbonyl (C=O) groups excluding carboxylic acids is 2. The second-order valence-corrected chi connectivity index (χ2v) is 9.71. The Kier molecular flexibility index (Phi) is 5.54. The van der Waals surface area contributed by atoms with Gasteiger partial charge in [0, 0.05) is 29.6 Å². The van der Waals surface area contributed by atoms with Crippen molar-refractivity contribution in [1.82, 2.24) is 19.4 Å². The molecule has 2 aliphatic rings. The molecule has 0 spiro atoms. The van der Waals surface area contributed by atoms with Gasteiger partial charge in [-0.1, -0.05) is 48.0 Å². The van der Waals surface area contributed by atoms with Crippen LogP contribution >= 0.6 is 22.9 Å². The summed E-state index contributed by atoms with van der Waals surface area (Å²) in [5.41, 5.74) is 4.27. The van der Waals surface area contributed by atoms with Crippen LogP contribution in [0.5, 0.6) is 0 Å². The third-order valence-corrected chi connectivity index (χ3v) is 7.13. The lowest BCUT2D eigenvalue weighted by molar-refractivity contribution is -0.116. The standard InChI is InChI=1S/C25H20ClN7O2S/c1-31-23(35)21-22(33-11-10-27-25(31)33)28-14-32(21)12-20(34)30-24-29-19(13-36-24)17-4-2-15(3-5-17)16-6-8-18(26)9-7-16/h2-9,13-14H,10-12H2,1H3,(H,29,30,34). The lowest BCUT2D eigenvalue weighted by atomic mass is 10.0. The van der Waals surface area contributed by atoms with Crippen LogP contribution in [0.3, 0.4) is 0 Å². The maximum absolute atomic E-state index is 12.9. The molecule has 0 atom stereocenters. The number of fused-ring (bicyclic) bond motifs is 3. The van der Waals surface area contributed by atoms with Gasteiger partial charge in [0.15, 0.2) is 16.6 Å². The van der Waals surface area contributed by atoms with E-state index in [9.17, 15) is 9.59 Å². The van der Waals surface area contributed by atoms with Crippen LogP contribution in [0, 0.1) is 0 Å². The van der Waals surface area contributed by atoms with Crippen LogP contribution < -0.4 is 10.2 Å². The average molecular weight is 518 g/mol. The van der Waals surface area contributed by atoms with Crippen molar-refractivity contribution in [2.45, 2.75) is 6.54 Å². The van der Waals surface area contributed by atoms with Gasteiger partial charge in [-0.3, -0.25) is 24.4 Å². The molecule has 0 fully saturated rings. The topological polar surface area (TPSA) is 95.7 Å². The summed E-state index contributed by atoms with van der Waals surface area (Å²) in [6.45, 7) is 1.22. The van der Waals surface area contributed by atoms with Crippen LogP contribution in [-0.4, -0.2) is 57.3 Å². The first-order chi connectivity index (χ1) is 17.5. The minimum Gasteiger partial charge on any atom is -0.315 e. The number of halogens is 1. The molecule has 2 aliphatic heterocycles. The highest BCUT2D eigenvalue weighted by Crippen LogP contribution is 2.30. The van der Waals surface area contributed by atoms with Crippen molar-refractivity contribution in [2.24, 2.45) is 4.99 Å². The number of benzene rings is 2. The van der Waals surface area contributed by atoms with Gasteiger partial charge in [-0.15, -0.1) is 11.3 Å². The SMILES string of the molecule is CN1C(=O)c2c(ncn2CC(=O)Nc2nc(-c3ccc(-c4ccc(Cl)cc4)cc3)cs2)N2CCN=C12. The Morgan fingerprint density at radius 1 is 1.08 bits per heavy atom. The van der Waals surface area contributed by atoms with Gasteiger partial charge in [-0.2, -0.15) is 0 Å². The molecular weight excluding hydrogens is 498 g/mol. The summed E-state index contributed by atoms with van der Waals surface area (Å²) in [4.78, 5) is 42.4. The number of hydrogen-bond donors (Lipinski definition) is 1. The van der Waals surface area contributed by atoms with Crippen molar-refractivity contribution >= 4 is 51.7 Å². The highest BCUT2D eigenvalue weighted by molar-refractivity contribution is 7.14. The molecule has 2 aromatic carbocycles. The smallest absolute Gasteiger partial charge is 0.280 e. The zero-order valence-corrected chi connectivity index (χ0v) is 20.8. The number of aliphatic imine (C=N–C) groups is 1. The molecule has 0 bridgehead atoms. The molecule has 36 heavy (non-hydrogen) atoms. The fraction of sp³-hybridized carbons (Fsp3) is 0.160. The molecule has 0 unspecified atom stereocenters. The Bertz CT molecular complexity index is 1510. The quantitative estimate of drug-likeness (QED) is 0.427. The third kappa shape index (κ3) is 3.94. The summed E-state index contributed by atoms with van der Waals surface area (Å²) in [5.74, 6) is 0.621. The van der Waals surface area contributed by atoms with E-state index in [2.05, 4.69) is 20.3 Å². The molecule has 0 aliphatic carbocycles. The predicted molar refractivity (Wildman–Crippen MR) is 141 cm³/mol. The number of guanidine groups is 1. The first kappa shape index (κ1) is 22.4. The molecule has 0 radical (unpaired) electrons. The molecule has 11 heteroatoms. The van der Waals surface area contributed by atoms with Gasteiger partial charge in [0.05, 0.1) is 18.6 Å². The van der Waals surface area contributed by atoms with Gasteiger partial charge < -0.3 is 9.88 Å². The molecule has 4 heterocycles. The second kappa shape index (κ2) is 8.89. The maximum atomic E-state index is 12.9. The van der Waals surface area contributed by atoms with Crippen LogP contribution in [0.1, 0.15) is 10.5 Å². The van der Waals surface area contributed by atoms with Gasteiger partial charge in [-0.25, -0.2) is 9.97 Å². The Morgan fingerprint density at radius 3 is 2.53 bits per heavy atom. The van der Waals surface area contributed by atoms with Gasteiger partial charge in [-0.05, 0) is 23.3 Å². The molecular formula is C25H20ClN7O2S. The van der Waals surface area contributed by atoms with E-state index < -0.39 is 0 Å². The number of imidazole rings is 1. The molecule has 4 aromatic rings. The maximum Gasteiger partial charge on any atom is 0.280 e. The van der Waals surface area contributed by atoms with Gasteiger partial charge in [0.1, 0.15) is 6.54 Å². The molecule has 1 N–H and O–H groups in total. The number of nitrogens with one attached hydrogen (secondary N) is 1. The Morgan fingerprint density at radius 2 is 1.78 bits per heavy atom. The zero-order chi connectivity index (χ0) is 24.8. The fourth-order valence-electron chi connectivity index (χ4n) is 4.33. The van der Waals surface area contributed by atoms with Crippen LogP contribution in [0.25, 0.3) is 22.4 Å². The minimum atomic E-state index is -0.287. The number of amides is 2. The van der Waals surface area contributed by atoms with Crippen molar-refractivity contribution in [2.75, 3.05) is 30.4 Å². The van der Waals surface area contributed by atoms with Crippen molar-refractivity contribution in [1.29, 1.82) is 0 Å². The van der Waals surface area contributed by atoms with E-state index in [1.165, 1.54) is 22.6 Å². The van der Waals surface area contributed by atoms with Crippen LogP contribution in [0.2, 0.25) is 5.02 Å². The molecule has 2 aromatic heterocycles. The zero-order valence-electron chi connectivity index (χ0n) is 19.2. The van der Waals surface area contributed by atoms with E-state index >= 15 is 0 Å². The number of nitrogens with zero attached hydrogens (tertiary/aromatic N) is 6. The molecule has 0 saturated carbocycles. The van der Waals surface area contributed by atoms with Crippen molar-refractivity contribution in [3.63, 3.8) is 0 Å². The van der Waals surface area contributed by atoms with Crippen LogP contribution in [0.15, 0.2) is 65.2 Å². The monoisotopic (exact) mass is 517 g/mol. The largest absolute Gasteiger partial charge is 0.315 e. The van der Waals surface area contributed by atoms with Gasteiger partial charge in [0.25, 0.3) is 5.91 Å². The van der Waals surface area contributed by atoms with Crippen molar-refractivity contribution in [3.8, 4) is 22.4 Å². The number of thiazole rings is 1. The lowest BCUT2D eigenvalue weighted by Crippen LogP contribution is -2.48. The van der Waals surface area contributed by atoms with E-state index in [0.717, 1.165) is 22.4 Å². The van der Waals surface area contributed by atoms with Crippen LogP contribution in [-0.2, 0) is 11.3 Å². The fourth-order valence-corrected chi connectivity index (χ4v) is 5.20. The lowest BCUT2D eigenvalue weighted by Gasteiger charge is -2.30. The number of anilines is 2. The number of carbonyl (C=O) groups is 2. The van der Waals surface area contributed by atoms with E-state index in [0.29, 0.717) is 40.7 Å². The summed E-state index contributed by atoms with van der Waals surface area (Å²) < 4.78 is 1.57. The Hall–Kier alpha value is -4.02. The Labute approximate surface area is 215 Å². The summed E-state index contributed by atoms with van der Waals surface area (Å²) in [7, 11) is 1.68. The van der Waals surface area contributed by atoms with E-state index in [1.807, 2.05) is 58.8 Å². The van der Waals surface area contributed by atoms with E-state index in [4.69, 9.17) is 11.6 Å². The molecule has 0 saturated heterocycles. The third-order valence-electron chi connectivity index (χ3n) is 6.12. The molecule has 9 nitrogen and oxygen atoms in total. The number of hydrogen-bond acceptors (Lipinski definition) is 7. The van der Waals surface area contributed by atoms with Crippen LogP contribution in [0.4, 0.5) is 10.9 Å². The van der Waals surface area contributed by atoms with Crippen molar-refractivity contribution < 1.29 is 9.59 Å². The average Bonchev–Trinajstić information content (AvgIpc) is 3.63. The summed E-state index contributed by atoms with van der Waals surface area (Å²) in [6.07, 6.45) is 1.52. The highest BCUT2D eigenvalue weighted by Gasteiger charge is 2.38. The van der Waals surface area contributed by atoms with Gasteiger partial charge >= 0.3 is 0 Å². The van der Waals surface area contributed by atoms with E-state index in [1.54, 1.807) is 11.6 Å². The minimum absolute atomic E-state index is 0.0487. The van der Waals surface area contributed by atoms with E-state index in [-0.39, 0.29) is 18.4 Å². The first-order valence-electron chi connectivity index (χ1n) is 11.2. The molecule has 2 amide bonds. The number of aromatic nitrogens is 3. The normalized spacial score (nSPS) is 14.5. The Balaban J connectivity index is 1.15. The summed E-state index contributed by atoms with van der Waals surface area (Å²) in [5, 5.41) is 5.93. The van der Waals surface area contributed by atoms with Gasteiger partial charge in [0.2, 0.25) is 11.9 Å². The number of rotatable bonds is 5. The molecule has 6 rings (SSSR count). The summed E-state index contributed by atoms with van der Waals surface area (Å²) >= 11 is 7.33.